The molecule has 0 unspecified atom stereocenters. The largest absolute Gasteiger partial charge is 0.488 e. The molecule has 0 aliphatic rings. The summed E-state index contributed by atoms with van der Waals surface area (Å²) >= 11 is 0. The number of halogens is 1. The Morgan fingerprint density at radius 3 is 2.56 bits per heavy atom. The number of ether oxygens (including phenoxy) is 1. The van der Waals surface area contributed by atoms with Gasteiger partial charge in [0.15, 0.2) is 5.76 Å². The predicted molar refractivity (Wildman–Crippen MR) is 67.8 cm³/mol. The molecule has 0 amide bonds. The maximum atomic E-state index is 13.3. The Morgan fingerprint density at radius 1 is 1.56 bits per heavy atom. The van der Waals surface area contributed by atoms with Crippen LogP contribution >= 0.6 is 0 Å². The zero-order chi connectivity index (χ0) is 13.9. The summed E-state index contributed by atoms with van der Waals surface area (Å²) in [6, 6.07) is 0. The molecule has 1 aromatic rings. The van der Waals surface area contributed by atoms with E-state index in [2.05, 4.69) is 11.7 Å². The van der Waals surface area contributed by atoms with Gasteiger partial charge in [-0.2, -0.15) is 5.10 Å². The number of hydrogen-bond donors (Lipinski definition) is 0. The van der Waals surface area contributed by atoms with Crippen molar-refractivity contribution in [2.45, 2.75) is 33.8 Å². The van der Waals surface area contributed by atoms with Crippen LogP contribution in [0.4, 0.5) is 4.39 Å². The van der Waals surface area contributed by atoms with E-state index in [1.807, 2.05) is 0 Å². The number of allylic oxidation sites excluding steroid dienone is 2. The second kappa shape index (κ2) is 5.62. The zero-order valence-electron chi connectivity index (χ0n) is 11.0. The highest BCUT2D eigenvalue weighted by molar-refractivity contribution is 5.75. The zero-order valence-corrected chi connectivity index (χ0v) is 11.0. The Bertz CT molecular complexity index is 581. The second-order valence-electron chi connectivity index (χ2n) is 4.19. The van der Waals surface area contributed by atoms with E-state index >= 15 is 0 Å². The summed E-state index contributed by atoms with van der Waals surface area (Å²) in [5, 5.41) is 4.84. The normalized spacial score (nSPS) is 13.8. The van der Waals surface area contributed by atoms with E-state index in [9.17, 15) is 9.18 Å². The minimum Gasteiger partial charge on any atom is -0.488 e. The summed E-state index contributed by atoms with van der Waals surface area (Å²) < 4.78 is 19.8. The van der Waals surface area contributed by atoms with Gasteiger partial charge in [0, 0.05) is 12.1 Å². The topological polar surface area (TPSA) is 44.1 Å². The van der Waals surface area contributed by atoms with Gasteiger partial charge in [-0.15, -0.1) is 0 Å². The number of aromatic nitrogens is 2. The van der Waals surface area contributed by atoms with E-state index in [1.54, 1.807) is 13.8 Å². The maximum Gasteiger partial charge on any atom is 0.244 e. The van der Waals surface area contributed by atoms with Gasteiger partial charge < -0.3 is 4.74 Å². The third-order valence-corrected chi connectivity index (χ3v) is 2.19. The van der Waals surface area contributed by atoms with Gasteiger partial charge in [0.1, 0.15) is 5.83 Å². The molecule has 98 valence electrons. The first-order valence-corrected chi connectivity index (χ1v) is 5.61. The Kier molecular flexibility index (Phi) is 4.42. The minimum absolute atomic E-state index is 0.123. The van der Waals surface area contributed by atoms with Crippen molar-refractivity contribution < 1.29 is 13.9 Å². The van der Waals surface area contributed by atoms with E-state index in [0.717, 1.165) is 4.68 Å². The van der Waals surface area contributed by atoms with Gasteiger partial charge in [0.05, 0.1) is 17.6 Å². The predicted octanol–water partition coefficient (Wildman–Crippen LogP) is 1.36. The first-order chi connectivity index (χ1) is 8.32. The molecule has 0 N–H and O–H groups in total. The average molecular weight is 252 g/mol. The molecule has 0 aromatic carbocycles. The quantitative estimate of drug-likeness (QED) is 0.763. The van der Waals surface area contributed by atoms with Crippen LogP contribution in [0.5, 0.6) is 0 Å². The molecule has 0 radical (unpaired) electrons. The number of hydrogen-bond acceptors (Lipinski definition) is 3. The molecule has 1 aromatic heterocycles. The van der Waals surface area contributed by atoms with Crippen LogP contribution in [0.15, 0.2) is 17.8 Å². The van der Waals surface area contributed by atoms with Gasteiger partial charge in [-0.3, -0.25) is 4.79 Å². The molecule has 0 saturated heterocycles. The first-order valence-electron chi connectivity index (χ1n) is 5.61. The summed E-state index contributed by atoms with van der Waals surface area (Å²) in [7, 11) is 0. The minimum atomic E-state index is -0.432. The van der Waals surface area contributed by atoms with Gasteiger partial charge >= 0.3 is 0 Å². The third kappa shape index (κ3) is 3.29. The number of carbonyl (C=O) groups excluding carboxylic acids is 1. The average Bonchev–Trinajstić information content (AvgIpc) is 2.58. The number of rotatable bonds is 3. The van der Waals surface area contributed by atoms with E-state index in [4.69, 9.17) is 4.74 Å². The van der Waals surface area contributed by atoms with E-state index in [-0.39, 0.29) is 17.8 Å². The van der Waals surface area contributed by atoms with Gasteiger partial charge in [-0.25, -0.2) is 9.07 Å². The van der Waals surface area contributed by atoms with Gasteiger partial charge in [0.2, 0.25) is 5.91 Å². The fourth-order valence-electron chi connectivity index (χ4n) is 1.39. The standard InChI is InChI=1S/C13H17FN2O2/c1-8(2)18-13(9(3)14)6-12-7-15-16(10(12)4)11(5)17/h6-8H,4H2,1-3,5H3/b12-6-,13-9-. The molecule has 1 rings (SSSR count). The highest BCUT2D eigenvalue weighted by atomic mass is 19.1. The van der Waals surface area contributed by atoms with E-state index in [0.29, 0.717) is 10.6 Å². The van der Waals surface area contributed by atoms with Crippen molar-refractivity contribution in [1.29, 1.82) is 0 Å². The molecule has 0 bridgehead atoms. The monoisotopic (exact) mass is 252 g/mol. The van der Waals surface area contributed by atoms with E-state index in [1.165, 1.54) is 26.1 Å². The first kappa shape index (κ1) is 14.2. The Labute approximate surface area is 105 Å². The van der Waals surface area contributed by atoms with Gasteiger partial charge in [-0.05, 0) is 26.8 Å². The highest BCUT2D eigenvalue weighted by Crippen LogP contribution is 2.11. The Morgan fingerprint density at radius 2 is 2.17 bits per heavy atom. The summed E-state index contributed by atoms with van der Waals surface area (Å²) in [6.45, 7) is 10.0. The number of nitrogens with zero attached hydrogens (tertiary/aromatic N) is 2. The lowest BCUT2D eigenvalue weighted by atomic mass is 10.3. The molecular weight excluding hydrogens is 235 g/mol. The van der Waals surface area contributed by atoms with Gasteiger partial charge in [-0.1, -0.05) is 6.58 Å². The van der Waals surface area contributed by atoms with Crippen molar-refractivity contribution in [2.75, 3.05) is 0 Å². The van der Waals surface area contributed by atoms with Crippen molar-refractivity contribution in [3.8, 4) is 0 Å². The molecule has 5 heteroatoms. The van der Waals surface area contributed by atoms with Crippen LogP contribution in [0.2, 0.25) is 0 Å². The molecule has 4 nitrogen and oxygen atoms in total. The van der Waals surface area contributed by atoms with Crippen LogP contribution in [0.1, 0.15) is 32.5 Å². The SMILES string of the molecule is C=c1/c(=C\C(OC(C)C)=C(/C)F)cnn1C(C)=O. The van der Waals surface area contributed by atoms with Crippen LogP contribution in [0.3, 0.4) is 0 Å². The summed E-state index contributed by atoms with van der Waals surface area (Å²) in [5.74, 6) is -0.552. The molecule has 0 atom stereocenters. The number of carbonyl (C=O) groups is 1. The summed E-state index contributed by atoms with van der Waals surface area (Å²) in [4.78, 5) is 11.2. The molecule has 0 saturated carbocycles. The molecule has 18 heavy (non-hydrogen) atoms. The van der Waals surface area contributed by atoms with Gasteiger partial charge in [0.25, 0.3) is 0 Å². The lowest BCUT2D eigenvalue weighted by Crippen LogP contribution is -2.31. The maximum absolute atomic E-state index is 13.3. The van der Waals surface area contributed by atoms with Crippen LogP contribution in [0, 0.1) is 0 Å². The van der Waals surface area contributed by atoms with Crippen LogP contribution < -0.4 is 10.6 Å². The smallest absolute Gasteiger partial charge is 0.244 e. The van der Waals surface area contributed by atoms with Crippen molar-refractivity contribution in [2.24, 2.45) is 0 Å². The summed E-state index contributed by atoms with van der Waals surface area (Å²) in [6.07, 6.45) is 2.80. The lowest BCUT2D eigenvalue weighted by Gasteiger charge is -2.10. The Hall–Kier alpha value is -1.91. The molecule has 0 aliphatic heterocycles. The highest BCUT2D eigenvalue weighted by Gasteiger charge is 2.05. The van der Waals surface area contributed by atoms with Crippen molar-refractivity contribution in [1.82, 2.24) is 9.78 Å². The molecule has 0 aliphatic carbocycles. The van der Waals surface area contributed by atoms with Crippen molar-refractivity contribution in [3.05, 3.63) is 28.4 Å². The third-order valence-electron chi connectivity index (χ3n) is 2.19. The fraction of sp³-hybridized carbons (Fsp3) is 0.385. The lowest BCUT2D eigenvalue weighted by molar-refractivity contribution is 0.0917. The second-order valence-corrected chi connectivity index (χ2v) is 4.19. The van der Waals surface area contributed by atoms with Crippen LogP contribution in [0.25, 0.3) is 12.7 Å². The Balaban J connectivity index is 3.28. The van der Waals surface area contributed by atoms with Crippen molar-refractivity contribution >= 4 is 18.6 Å². The molecule has 0 fully saturated rings. The fourth-order valence-corrected chi connectivity index (χ4v) is 1.39. The molecule has 1 heterocycles. The van der Waals surface area contributed by atoms with Crippen LogP contribution in [-0.4, -0.2) is 21.8 Å². The molecule has 0 spiro atoms. The van der Waals surface area contributed by atoms with Crippen molar-refractivity contribution in [3.63, 3.8) is 0 Å². The summed E-state index contributed by atoms with van der Waals surface area (Å²) in [5.41, 5.74) is 0. The van der Waals surface area contributed by atoms with E-state index < -0.39 is 5.83 Å². The van der Waals surface area contributed by atoms with Crippen LogP contribution in [-0.2, 0) is 4.74 Å². The molecular formula is C13H17FN2O2.